The van der Waals surface area contributed by atoms with Crippen LogP contribution in [0.1, 0.15) is 56.2 Å². The number of hydrogen-bond donors (Lipinski definition) is 2. The predicted octanol–water partition coefficient (Wildman–Crippen LogP) is 3.70. The first kappa shape index (κ1) is 18.8. The molecule has 2 unspecified atom stereocenters. The minimum absolute atomic E-state index is 0.00971. The second-order valence-corrected chi connectivity index (χ2v) is 7.73. The molecule has 0 aromatic heterocycles. The van der Waals surface area contributed by atoms with E-state index in [1.54, 1.807) is 6.92 Å². The van der Waals surface area contributed by atoms with Gasteiger partial charge in [0.05, 0.1) is 0 Å². The van der Waals surface area contributed by atoms with Crippen LogP contribution in [0.2, 0.25) is 0 Å². The van der Waals surface area contributed by atoms with Crippen molar-refractivity contribution in [2.24, 2.45) is 0 Å². The number of halogens is 2. The van der Waals surface area contributed by atoms with Gasteiger partial charge in [-0.2, -0.15) is 8.78 Å². The number of piperidine rings is 1. The van der Waals surface area contributed by atoms with Crippen molar-refractivity contribution < 1.29 is 13.6 Å². The molecule has 3 N–H and O–H groups in total. The van der Waals surface area contributed by atoms with Crippen LogP contribution < -0.4 is 5.73 Å². The van der Waals surface area contributed by atoms with Gasteiger partial charge in [0.2, 0.25) is 5.91 Å². The van der Waals surface area contributed by atoms with Crippen LogP contribution in [0.15, 0.2) is 12.1 Å². The van der Waals surface area contributed by atoms with Gasteiger partial charge in [0.25, 0.3) is 5.66 Å². The Bertz CT molecular complexity index is 671. The number of anilines is 1. The van der Waals surface area contributed by atoms with E-state index in [0.717, 1.165) is 6.21 Å². The summed E-state index contributed by atoms with van der Waals surface area (Å²) in [5, 5.41) is 7.61. The Balaban J connectivity index is 2.47. The highest BCUT2D eigenvalue weighted by molar-refractivity contribution is 7.17. The lowest BCUT2D eigenvalue weighted by Gasteiger charge is -2.45. The summed E-state index contributed by atoms with van der Waals surface area (Å²) in [6.07, 6.45) is 2.42. The first-order chi connectivity index (χ1) is 11.0. The number of hydrogen-bond acceptors (Lipinski definition) is 3. The maximum absolute atomic E-state index is 13.7. The van der Waals surface area contributed by atoms with E-state index in [1.807, 2.05) is 18.7 Å². The number of carbonyl (C=O) groups excluding carboxylic acids is 1. The molecule has 132 valence electrons. The average molecular weight is 355 g/mol. The summed E-state index contributed by atoms with van der Waals surface area (Å²) < 4.78 is 27.5. The molecule has 24 heavy (non-hydrogen) atoms. The van der Waals surface area contributed by atoms with E-state index >= 15 is 0 Å². The molecule has 0 aliphatic carbocycles. The van der Waals surface area contributed by atoms with Crippen molar-refractivity contribution in [2.75, 3.05) is 12.3 Å². The molecule has 1 aliphatic heterocycles. The third-order valence-corrected chi connectivity index (χ3v) is 5.10. The van der Waals surface area contributed by atoms with Gasteiger partial charge in [-0.15, -0.1) is 0 Å². The number of nitrogens with zero attached hydrogens (tertiary/aromatic N) is 1. The van der Waals surface area contributed by atoms with Crippen LogP contribution in [0.25, 0.3) is 0 Å². The van der Waals surface area contributed by atoms with E-state index in [2.05, 4.69) is 0 Å². The fraction of sp³-hybridized carbons (Fsp3) is 0.529. The number of likely N-dealkylation sites (tertiary alicyclic amines) is 1. The van der Waals surface area contributed by atoms with Crippen LogP contribution in [-0.4, -0.2) is 29.1 Å². The summed E-state index contributed by atoms with van der Waals surface area (Å²) in [4.78, 5) is 13.6. The number of carbonyl (C=O) groups is 1. The molecular formula is C17H24F2N3OP. The minimum atomic E-state index is -3.07. The minimum Gasteiger partial charge on any atom is -0.398 e. The number of nitrogens with one attached hydrogen (secondary N) is 1. The van der Waals surface area contributed by atoms with Crippen LogP contribution in [0.5, 0.6) is 0 Å². The van der Waals surface area contributed by atoms with E-state index in [9.17, 15) is 13.6 Å². The number of rotatable bonds is 3. The van der Waals surface area contributed by atoms with Gasteiger partial charge in [0.1, 0.15) is 0 Å². The van der Waals surface area contributed by atoms with E-state index < -0.39 is 5.66 Å². The SMILES string of the molecule is CC(=O)N1CCC(c2cc(C(F)(F)P)cc(N)c2C=N)CC1(C)C. The lowest BCUT2D eigenvalue weighted by atomic mass is 9.77. The largest absolute Gasteiger partial charge is 0.398 e. The number of amides is 1. The summed E-state index contributed by atoms with van der Waals surface area (Å²) in [5.41, 5.74) is 3.65. The molecule has 4 nitrogen and oxygen atoms in total. The van der Waals surface area contributed by atoms with Crippen molar-refractivity contribution in [1.82, 2.24) is 4.90 Å². The first-order valence-electron chi connectivity index (χ1n) is 7.86. The zero-order valence-corrected chi connectivity index (χ0v) is 15.4. The zero-order chi connectivity index (χ0) is 18.3. The molecule has 1 saturated heterocycles. The van der Waals surface area contributed by atoms with Crippen LogP contribution in [0.4, 0.5) is 14.5 Å². The van der Waals surface area contributed by atoms with Gasteiger partial charge in [0.15, 0.2) is 0 Å². The summed E-state index contributed by atoms with van der Waals surface area (Å²) in [5.74, 6) is -0.0164. The third kappa shape index (κ3) is 3.59. The fourth-order valence-electron chi connectivity index (χ4n) is 3.65. The van der Waals surface area contributed by atoms with Crippen molar-refractivity contribution in [1.29, 1.82) is 5.41 Å². The third-order valence-electron chi connectivity index (χ3n) is 4.77. The Morgan fingerprint density at radius 1 is 1.50 bits per heavy atom. The van der Waals surface area contributed by atoms with Gasteiger partial charge < -0.3 is 16.0 Å². The molecule has 2 atom stereocenters. The van der Waals surface area contributed by atoms with Gasteiger partial charge in [-0.1, -0.05) is 9.24 Å². The molecule has 1 aliphatic rings. The summed E-state index contributed by atoms with van der Waals surface area (Å²) in [7, 11) is 1.53. The van der Waals surface area contributed by atoms with Crippen LogP contribution in [-0.2, 0) is 10.5 Å². The molecular weight excluding hydrogens is 331 g/mol. The molecule has 1 aromatic rings. The first-order valence-corrected chi connectivity index (χ1v) is 8.44. The normalized spacial score (nSPS) is 20.8. The maximum Gasteiger partial charge on any atom is 0.283 e. The monoisotopic (exact) mass is 355 g/mol. The second kappa shape index (κ2) is 6.40. The maximum atomic E-state index is 13.7. The van der Waals surface area contributed by atoms with Gasteiger partial charge in [0, 0.05) is 42.0 Å². The van der Waals surface area contributed by atoms with Crippen LogP contribution in [0.3, 0.4) is 0 Å². The number of nitrogen functional groups attached to an aromatic ring is 1. The molecule has 2 rings (SSSR count). The average Bonchev–Trinajstić information content (AvgIpc) is 2.43. The molecule has 0 radical (unpaired) electrons. The van der Waals surface area contributed by atoms with Crippen molar-refractivity contribution in [3.63, 3.8) is 0 Å². The van der Waals surface area contributed by atoms with Gasteiger partial charge in [-0.25, -0.2) is 0 Å². The van der Waals surface area contributed by atoms with E-state index in [0.29, 0.717) is 30.5 Å². The Morgan fingerprint density at radius 3 is 2.58 bits per heavy atom. The van der Waals surface area contributed by atoms with Gasteiger partial charge in [-0.3, -0.25) is 4.79 Å². The van der Waals surface area contributed by atoms with E-state index in [4.69, 9.17) is 11.1 Å². The van der Waals surface area contributed by atoms with Crippen molar-refractivity contribution in [3.05, 3.63) is 28.8 Å². The molecule has 0 saturated carbocycles. The quantitative estimate of drug-likeness (QED) is 0.493. The van der Waals surface area contributed by atoms with Crippen LogP contribution in [0, 0.1) is 5.41 Å². The molecule has 1 aromatic carbocycles. The lowest BCUT2D eigenvalue weighted by molar-refractivity contribution is -0.136. The van der Waals surface area contributed by atoms with Gasteiger partial charge in [-0.05, 0) is 50.3 Å². The Kier molecular flexibility index (Phi) is 5.01. The highest BCUT2D eigenvalue weighted by Gasteiger charge is 2.38. The molecule has 1 amide bonds. The number of nitrogens with two attached hydrogens (primary N) is 1. The Morgan fingerprint density at radius 2 is 2.12 bits per heavy atom. The molecule has 0 bridgehead atoms. The Hall–Kier alpha value is -1.55. The zero-order valence-electron chi connectivity index (χ0n) is 14.2. The molecule has 0 spiro atoms. The highest BCUT2D eigenvalue weighted by Crippen LogP contribution is 2.43. The van der Waals surface area contributed by atoms with Crippen molar-refractivity contribution in [3.8, 4) is 0 Å². The van der Waals surface area contributed by atoms with Gasteiger partial charge >= 0.3 is 0 Å². The molecule has 7 heteroatoms. The summed E-state index contributed by atoms with van der Waals surface area (Å²) in [6, 6.07) is 2.68. The smallest absolute Gasteiger partial charge is 0.283 e. The Labute approximate surface area is 143 Å². The van der Waals surface area contributed by atoms with Crippen molar-refractivity contribution in [2.45, 2.75) is 50.7 Å². The summed E-state index contributed by atoms with van der Waals surface area (Å²) in [6.45, 7) is 6.05. The highest BCUT2D eigenvalue weighted by atomic mass is 31.0. The van der Waals surface area contributed by atoms with E-state index in [-0.39, 0.29) is 28.6 Å². The number of alkyl halides is 2. The summed E-state index contributed by atoms with van der Waals surface area (Å²) >= 11 is 0. The lowest BCUT2D eigenvalue weighted by Crippen LogP contribution is -2.51. The van der Waals surface area contributed by atoms with Crippen LogP contribution >= 0.6 is 9.24 Å². The molecule has 1 fully saturated rings. The van der Waals surface area contributed by atoms with E-state index in [1.165, 1.54) is 21.4 Å². The molecule has 1 heterocycles. The van der Waals surface area contributed by atoms with Crippen molar-refractivity contribution >= 4 is 27.0 Å². The fourth-order valence-corrected chi connectivity index (χ4v) is 3.81. The number of benzene rings is 1. The predicted molar refractivity (Wildman–Crippen MR) is 95.8 cm³/mol. The topological polar surface area (TPSA) is 70.2 Å². The second-order valence-electron chi connectivity index (χ2n) is 7.01. The standard InChI is InChI=1S/C17H24F2N3OP/c1-10(23)22-5-4-11(8-16(22,2)3)13-6-12(17(18,19)24)7-15(21)14(13)9-20/h6-7,9,11,20H,4-5,8,21,24H2,1-3H3.